The third-order valence-corrected chi connectivity index (χ3v) is 6.25. The number of benzene rings is 1. The maximum absolute atomic E-state index is 13.0. The Hall–Kier alpha value is -1.28. The maximum Gasteiger partial charge on any atom is 0.511 e. The van der Waals surface area contributed by atoms with Crippen LogP contribution in [0.3, 0.4) is 0 Å². The number of fused-ring (bicyclic) bond motifs is 1. The number of halogens is 3. The van der Waals surface area contributed by atoms with Crippen molar-refractivity contribution in [2.45, 2.75) is 43.8 Å². The predicted molar refractivity (Wildman–Crippen MR) is 81.2 cm³/mol. The van der Waals surface area contributed by atoms with Crippen LogP contribution in [0.25, 0.3) is 0 Å². The minimum Gasteiger partial charge on any atom is -0.380 e. The normalized spacial score (nSPS) is 24.0. The number of anilines is 1. The van der Waals surface area contributed by atoms with Crippen LogP contribution in [0.15, 0.2) is 24.3 Å². The highest BCUT2D eigenvalue weighted by Gasteiger charge is 2.51. The Morgan fingerprint density at radius 1 is 1.13 bits per heavy atom. The molecule has 1 aliphatic heterocycles. The van der Waals surface area contributed by atoms with Crippen LogP contribution in [-0.4, -0.2) is 30.8 Å². The molecule has 4 nitrogen and oxygen atoms in total. The van der Waals surface area contributed by atoms with Crippen molar-refractivity contribution in [2.75, 3.05) is 11.9 Å². The van der Waals surface area contributed by atoms with E-state index in [0.29, 0.717) is 9.87 Å². The van der Waals surface area contributed by atoms with E-state index in [1.54, 1.807) is 24.3 Å². The van der Waals surface area contributed by atoms with Crippen molar-refractivity contribution >= 4 is 15.7 Å². The Bertz CT molecular complexity index is 670. The predicted octanol–water partition coefficient (Wildman–Crippen LogP) is 3.32. The molecule has 8 heteroatoms. The van der Waals surface area contributed by atoms with E-state index >= 15 is 0 Å². The highest BCUT2D eigenvalue weighted by atomic mass is 32.2. The molecular weight excluding hydrogens is 329 g/mol. The summed E-state index contributed by atoms with van der Waals surface area (Å²) in [5, 5.41) is 3.28. The summed E-state index contributed by atoms with van der Waals surface area (Å²) >= 11 is 0. The lowest BCUT2D eigenvalue weighted by Crippen LogP contribution is -2.45. The molecule has 1 heterocycles. The van der Waals surface area contributed by atoms with Crippen molar-refractivity contribution in [1.82, 2.24) is 4.31 Å². The summed E-state index contributed by atoms with van der Waals surface area (Å²) in [5.41, 5.74) is -3.97. The molecule has 0 saturated heterocycles. The molecule has 0 amide bonds. The third kappa shape index (κ3) is 3.19. The Balaban J connectivity index is 1.97. The van der Waals surface area contributed by atoms with E-state index in [1.165, 1.54) is 0 Å². The first-order valence-electron chi connectivity index (χ1n) is 7.70. The SMILES string of the molecule is O=S(=O)(N1Cc2ccccc2NC(C2CCCC2)C1)C(F)(F)F. The maximum atomic E-state index is 13.0. The van der Waals surface area contributed by atoms with Gasteiger partial charge < -0.3 is 5.32 Å². The van der Waals surface area contributed by atoms with E-state index in [1.807, 2.05) is 0 Å². The van der Waals surface area contributed by atoms with Crippen molar-refractivity contribution in [1.29, 1.82) is 0 Å². The van der Waals surface area contributed by atoms with Gasteiger partial charge in [-0.25, -0.2) is 8.42 Å². The molecule has 1 atom stereocenters. The molecule has 23 heavy (non-hydrogen) atoms. The van der Waals surface area contributed by atoms with Gasteiger partial charge in [-0.05, 0) is 30.4 Å². The summed E-state index contributed by atoms with van der Waals surface area (Å²) in [6, 6.07) is 6.66. The molecule has 3 rings (SSSR count). The lowest BCUT2D eigenvalue weighted by Gasteiger charge is -2.28. The van der Waals surface area contributed by atoms with Crippen LogP contribution in [0.4, 0.5) is 18.9 Å². The first-order valence-corrected chi connectivity index (χ1v) is 9.14. The van der Waals surface area contributed by atoms with Gasteiger partial charge in [0.1, 0.15) is 0 Å². The number of nitrogens with one attached hydrogen (secondary N) is 1. The van der Waals surface area contributed by atoms with Gasteiger partial charge in [-0.1, -0.05) is 31.0 Å². The Kier molecular flexibility index (Phi) is 4.31. The largest absolute Gasteiger partial charge is 0.511 e. The highest BCUT2D eigenvalue weighted by molar-refractivity contribution is 7.89. The number of para-hydroxylation sites is 1. The number of hydrogen-bond acceptors (Lipinski definition) is 3. The fourth-order valence-corrected chi connectivity index (χ4v) is 4.43. The smallest absolute Gasteiger partial charge is 0.380 e. The standard InChI is InChI=1S/C15H19F3N2O2S/c16-15(17,18)23(21,22)20-9-12-7-3-4-8-13(12)19-14(10-20)11-5-1-2-6-11/h3-4,7-8,11,14,19H,1-2,5-6,9-10H2. The average molecular weight is 348 g/mol. The fraction of sp³-hybridized carbons (Fsp3) is 0.600. The molecule has 128 valence electrons. The molecule has 1 aliphatic carbocycles. The molecule has 0 bridgehead atoms. The van der Waals surface area contributed by atoms with Crippen molar-refractivity contribution in [2.24, 2.45) is 5.92 Å². The number of rotatable bonds is 2. The van der Waals surface area contributed by atoms with Crippen LogP contribution in [-0.2, 0) is 16.6 Å². The average Bonchev–Trinajstić information content (AvgIpc) is 2.93. The van der Waals surface area contributed by atoms with E-state index in [9.17, 15) is 21.6 Å². The molecule has 2 aliphatic rings. The molecule has 1 unspecified atom stereocenters. The summed E-state index contributed by atoms with van der Waals surface area (Å²) in [6.07, 6.45) is 3.91. The van der Waals surface area contributed by atoms with Crippen LogP contribution >= 0.6 is 0 Å². The van der Waals surface area contributed by atoms with Gasteiger partial charge in [-0.2, -0.15) is 17.5 Å². The second-order valence-electron chi connectivity index (χ2n) is 6.20. The van der Waals surface area contributed by atoms with Crippen molar-refractivity contribution < 1.29 is 21.6 Å². The lowest BCUT2D eigenvalue weighted by molar-refractivity contribution is -0.0492. The van der Waals surface area contributed by atoms with Crippen molar-refractivity contribution in [3.63, 3.8) is 0 Å². The van der Waals surface area contributed by atoms with Crippen molar-refractivity contribution in [3.8, 4) is 0 Å². The van der Waals surface area contributed by atoms with Crippen LogP contribution in [0.5, 0.6) is 0 Å². The van der Waals surface area contributed by atoms with Crippen LogP contribution in [0, 0.1) is 5.92 Å². The van der Waals surface area contributed by atoms with Crippen molar-refractivity contribution in [3.05, 3.63) is 29.8 Å². The van der Waals surface area contributed by atoms with E-state index in [4.69, 9.17) is 0 Å². The Labute approximate surface area is 133 Å². The molecule has 0 radical (unpaired) electrons. The Morgan fingerprint density at radius 3 is 2.43 bits per heavy atom. The number of alkyl halides is 3. The zero-order valence-electron chi connectivity index (χ0n) is 12.5. The van der Waals surface area contributed by atoms with Gasteiger partial charge in [0.2, 0.25) is 0 Å². The highest BCUT2D eigenvalue weighted by Crippen LogP contribution is 2.36. The second kappa shape index (κ2) is 5.98. The summed E-state index contributed by atoms with van der Waals surface area (Å²) in [4.78, 5) is 0. The summed E-state index contributed by atoms with van der Waals surface area (Å²) in [5.74, 6) is 0.201. The van der Waals surface area contributed by atoms with Gasteiger partial charge >= 0.3 is 15.5 Å². The van der Waals surface area contributed by atoms with Gasteiger partial charge in [0.15, 0.2) is 0 Å². The number of hydrogen-bond donors (Lipinski definition) is 1. The molecule has 0 spiro atoms. The van der Waals surface area contributed by atoms with E-state index in [-0.39, 0.29) is 25.0 Å². The first-order chi connectivity index (χ1) is 10.8. The molecule has 1 aromatic carbocycles. The minimum atomic E-state index is -5.33. The van der Waals surface area contributed by atoms with Crippen LogP contribution in [0.1, 0.15) is 31.2 Å². The van der Waals surface area contributed by atoms with E-state index in [0.717, 1.165) is 31.4 Å². The molecule has 1 N–H and O–H groups in total. The Morgan fingerprint density at radius 2 is 1.78 bits per heavy atom. The molecule has 1 saturated carbocycles. The molecule has 1 fully saturated rings. The number of sulfonamides is 1. The number of nitrogens with zero attached hydrogens (tertiary/aromatic N) is 1. The summed E-state index contributed by atoms with van der Waals surface area (Å²) in [7, 11) is -5.33. The van der Waals surface area contributed by atoms with Gasteiger partial charge in [-0.15, -0.1) is 0 Å². The quantitative estimate of drug-likeness (QED) is 0.892. The molecule has 1 aromatic rings. The minimum absolute atomic E-state index is 0.152. The van der Waals surface area contributed by atoms with Gasteiger partial charge in [-0.3, -0.25) is 0 Å². The monoisotopic (exact) mass is 348 g/mol. The lowest BCUT2D eigenvalue weighted by atomic mass is 9.98. The third-order valence-electron chi connectivity index (χ3n) is 4.71. The molecular formula is C15H19F3N2O2S. The fourth-order valence-electron chi connectivity index (χ4n) is 3.47. The first kappa shape index (κ1) is 16.6. The van der Waals surface area contributed by atoms with Gasteiger partial charge in [0, 0.05) is 24.8 Å². The summed E-state index contributed by atoms with van der Waals surface area (Å²) in [6.45, 7) is -0.407. The van der Waals surface area contributed by atoms with Gasteiger partial charge in [0.05, 0.1) is 0 Å². The topological polar surface area (TPSA) is 49.4 Å². The van der Waals surface area contributed by atoms with Crippen LogP contribution in [0.2, 0.25) is 0 Å². The van der Waals surface area contributed by atoms with E-state index in [2.05, 4.69) is 5.32 Å². The van der Waals surface area contributed by atoms with Crippen LogP contribution < -0.4 is 5.32 Å². The zero-order valence-corrected chi connectivity index (χ0v) is 13.3. The second-order valence-corrected chi connectivity index (χ2v) is 8.13. The molecule has 0 aromatic heterocycles. The summed E-state index contributed by atoms with van der Waals surface area (Å²) < 4.78 is 63.3. The van der Waals surface area contributed by atoms with Gasteiger partial charge in [0.25, 0.3) is 0 Å². The van der Waals surface area contributed by atoms with E-state index < -0.39 is 15.5 Å². The zero-order chi connectivity index (χ0) is 16.7.